The highest BCUT2D eigenvalue weighted by atomic mass is 16.6. The van der Waals surface area contributed by atoms with Gasteiger partial charge in [-0.1, -0.05) is 12.1 Å². The Kier molecular flexibility index (Phi) is 9.70. The molecule has 1 saturated heterocycles. The second kappa shape index (κ2) is 13.6. The Labute approximate surface area is 252 Å². The lowest BCUT2D eigenvalue weighted by Crippen LogP contribution is -2.52. The van der Waals surface area contributed by atoms with Crippen molar-refractivity contribution in [1.82, 2.24) is 15.5 Å². The van der Waals surface area contributed by atoms with E-state index in [1.54, 1.807) is 18.2 Å². The number of hydrogen-bond donors (Lipinski definition) is 3. The van der Waals surface area contributed by atoms with E-state index in [4.69, 9.17) is 14.2 Å². The first-order chi connectivity index (χ1) is 20.7. The van der Waals surface area contributed by atoms with Crippen LogP contribution in [-0.2, 0) is 20.7 Å². The summed E-state index contributed by atoms with van der Waals surface area (Å²) in [7, 11) is 3.07. The number of fused-ring (bicyclic) bond motifs is 1. The number of hydrogen-bond acceptors (Lipinski definition) is 9. The molecule has 43 heavy (non-hydrogen) atoms. The van der Waals surface area contributed by atoms with Gasteiger partial charge in [0.05, 0.1) is 37.0 Å². The zero-order valence-electron chi connectivity index (χ0n) is 24.9. The third kappa shape index (κ3) is 7.57. The molecule has 1 saturated carbocycles. The van der Waals surface area contributed by atoms with Crippen LogP contribution in [0.15, 0.2) is 42.5 Å². The van der Waals surface area contributed by atoms with Crippen LogP contribution in [0.3, 0.4) is 0 Å². The number of benzene rings is 2. The standard InChI is InChI=1S/C32H41N5O6/c1-36(2)31(40)42-21-30(39)35-26(16-22-5-3-6-23(15-22)19-33)28(38)20-34-27-18-32(9-4-10-32)43-29-8-7-24(17-25(27)29)37-11-13-41-14-12-37/h3,5-8,15,17,26-28,34,38H,4,9-14,16,18,20-21H2,1-2H3,(H,35,39)/t26-,27-,28-/m0/s1. The summed E-state index contributed by atoms with van der Waals surface area (Å²) in [5, 5.41) is 27.2. The minimum atomic E-state index is -0.967. The van der Waals surface area contributed by atoms with Crippen molar-refractivity contribution in [3.63, 3.8) is 0 Å². The molecular formula is C32H41N5O6. The minimum Gasteiger partial charge on any atom is -0.487 e. The zero-order chi connectivity index (χ0) is 30.4. The van der Waals surface area contributed by atoms with Crippen LogP contribution in [0.1, 0.15) is 48.4 Å². The Morgan fingerprint density at radius 1 is 1.21 bits per heavy atom. The van der Waals surface area contributed by atoms with E-state index in [0.717, 1.165) is 61.3 Å². The van der Waals surface area contributed by atoms with E-state index in [0.29, 0.717) is 25.2 Å². The summed E-state index contributed by atoms with van der Waals surface area (Å²) in [6, 6.07) is 14.8. The van der Waals surface area contributed by atoms with Crippen LogP contribution in [0.5, 0.6) is 5.75 Å². The molecular weight excluding hydrogens is 550 g/mol. The summed E-state index contributed by atoms with van der Waals surface area (Å²) in [5.74, 6) is 0.353. The lowest BCUT2D eigenvalue weighted by Gasteiger charge is -2.48. The Bertz CT molecular complexity index is 1330. The van der Waals surface area contributed by atoms with Gasteiger partial charge in [-0.3, -0.25) is 4.79 Å². The molecule has 0 radical (unpaired) electrons. The third-order valence-electron chi connectivity index (χ3n) is 8.50. The van der Waals surface area contributed by atoms with E-state index in [1.807, 2.05) is 6.07 Å². The second-order valence-corrected chi connectivity index (χ2v) is 11.8. The SMILES string of the molecule is CN(C)C(=O)OCC(=O)N[C@@H](Cc1cccc(C#N)c1)[C@@H](O)CN[C@H]1CC2(CCC2)Oc2ccc(N3CCOCC3)cc21. The average Bonchev–Trinajstić information content (AvgIpc) is 3.01. The Morgan fingerprint density at radius 3 is 2.70 bits per heavy atom. The number of morpholine rings is 1. The number of anilines is 1. The molecule has 230 valence electrons. The molecule has 2 aliphatic heterocycles. The first kappa shape index (κ1) is 30.6. The number of amides is 2. The number of rotatable bonds is 10. The molecule has 0 bridgehead atoms. The number of carbonyl (C=O) groups excluding carboxylic acids is 2. The lowest BCUT2D eigenvalue weighted by atomic mass is 9.73. The van der Waals surface area contributed by atoms with Gasteiger partial charge in [0.25, 0.3) is 5.91 Å². The molecule has 5 rings (SSSR count). The molecule has 11 nitrogen and oxygen atoms in total. The van der Waals surface area contributed by atoms with Crippen LogP contribution in [0.4, 0.5) is 10.5 Å². The van der Waals surface area contributed by atoms with E-state index in [9.17, 15) is 20.0 Å². The summed E-state index contributed by atoms with van der Waals surface area (Å²) in [6.45, 7) is 2.80. The lowest BCUT2D eigenvalue weighted by molar-refractivity contribution is -0.125. The second-order valence-electron chi connectivity index (χ2n) is 11.8. The average molecular weight is 592 g/mol. The monoisotopic (exact) mass is 591 g/mol. The molecule has 2 aromatic rings. The Balaban J connectivity index is 1.31. The van der Waals surface area contributed by atoms with Gasteiger partial charge in [0.15, 0.2) is 6.61 Å². The number of nitrogens with one attached hydrogen (secondary N) is 2. The first-order valence-electron chi connectivity index (χ1n) is 14.9. The molecule has 0 aromatic heterocycles. The Morgan fingerprint density at radius 2 is 2.00 bits per heavy atom. The topological polar surface area (TPSA) is 136 Å². The van der Waals surface area contributed by atoms with Gasteiger partial charge in [-0.2, -0.15) is 5.26 Å². The summed E-state index contributed by atoms with van der Waals surface area (Å²) in [4.78, 5) is 28.1. The molecule has 3 N–H and O–H groups in total. The maximum absolute atomic E-state index is 12.8. The molecule has 11 heteroatoms. The number of aliphatic hydroxyl groups excluding tert-OH is 1. The van der Waals surface area contributed by atoms with E-state index < -0.39 is 30.8 Å². The van der Waals surface area contributed by atoms with Crippen molar-refractivity contribution in [2.75, 3.05) is 58.5 Å². The van der Waals surface area contributed by atoms with Crippen LogP contribution in [0.2, 0.25) is 0 Å². The van der Waals surface area contributed by atoms with Crippen molar-refractivity contribution in [2.45, 2.75) is 55.9 Å². The Hall–Kier alpha value is -3.85. The molecule has 2 heterocycles. The summed E-state index contributed by atoms with van der Waals surface area (Å²) >= 11 is 0. The van der Waals surface area contributed by atoms with Crippen molar-refractivity contribution < 1.29 is 28.9 Å². The van der Waals surface area contributed by atoms with E-state index in [2.05, 4.69) is 39.8 Å². The summed E-state index contributed by atoms with van der Waals surface area (Å²) < 4.78 is 17.1. The molecule has 0 unspecified atom stereocenters. The van der Waals surface area contributed by atoms with Crippen LogP contribution in [-0.4, -0.2) is 93.3 Å². The van der Waals surface area contributed by atoms with Gasteiger partial charge in [0, 0.05) is 57.4 Å². The quantitative estimate of drug-likeness (QED) is 0.381. The van der Waals surface area contributed by atoms with Crippen LogP contribution in [0.25, 0.3) is 0 Å². The number of nitriles is 1. The minimum absolute atomic E-state index is 0.0426. The van der Waals surface area contributed by atoms with Gasteiger partial charge >= 0.3 is 6.09 Å². The zero-order valence-corrected chi connectivity index (χ0v) is 24.9. The molecule has 1 spiro atoms. The van der Waals surface area contributed by atoms with Crippen LogP contribution >= 0.6 is 0 Å². The predicted octanol–water partition coefficient (Wildman–Crippen LogP) is 2.52. The van der Waals surface area contributed by atoms with Gasteiger partial charge in [-0.05, 0) is 61.6 Å². The summed E-state index contributed by atoms with van der Waals surface area (Å²) in [5.41, 5.74) is 3.28. The highest BCUT2D eigenvalue weighted by Gasteiger charge is 2.45. The van der Waals surface area contributed by atoms with Gasteiger partial charge in [-0.25, -0.2) is 4.79 Å². The van der Waals surface area contributed by atoms with Crippen molar-refractivity contribution in [3.8, 4) is 11.8 Å². The van der Waals surface area contributed by atoms with Crippen molar-refractivity contribution in [1.29, 1.82) is 5.26 Å². The fraction of sp³-hybridized carbons (Fsp3) is 0.531. The van der Waals surface area contributed by atoms with E-state index in [-0.39, 0.29) is 18.2 Å². The van der Waals surface area contributed by atoms with Crippen LogP contribution < -0.4 is 20.3 Å². The highest BCUT2D eigenvalue weighted by molar-refractivity contribution is 5.80. The molecule has 2 aromatic carbocycles. The number of carbonyl (C=O) groups is 2. The van der Waals surface area contributed by atoms with E-state index in [1.165, 1.54) is 19.0 Å². The normalized spacial score (nSPS) is 20.0. The van der Waals surface area contributed by atoms with Crippen molar-refractivity contribution in [3.05, 3.63) is 59.2 Å². The maximum atomic E-state index is 12.8. The fourth-order valence-corrected chi connectivity index (χ4v) is 5.95. The fourth-order valence-electron chi connectivity index (χ4n) is 5.95. The third-order valence-corrected chi connectivity index (χ3v) is 8.50. The smallest absolute Gasteiger partial charge is 0.409 e. The molecule has 2 amide bonds. The van der Waals surface area contributed by atoms with E-state index >= 15 is 0 Å². The predicted molar refractivity (Wildman–Crippen MR) is 160 cm³/mol. The highest BCUT2D eigenvalue weighted by Crippen LogP contribution is 2.49. The van der Waals surface area contributed by atoms with Crippen LogP contribution in [0, 0.1) is 11.3 Å². The summed E-state index contributed by atoms with van der Waals surface area (Å²) in [6.07, 6.45) is 2.61. The van der Waals surface area contributed by atoms with Crippen molar-refractivity contribution >= 4 is 17.7 Å². The van der Waals surface area contributed by atoms with Crippen molar-refractivity contribution in [2.24, 2.45) is 0 Å². The van der Waals surface area contributed by atoms with Gasteiger partial charge in [0.1, 0.15) is 11.4 Å². The van der Waals surface area contributed by atoms with Gasteiger partial charge < -0.3 is 39.8 Å². The largest absolute Gasteiger partial charge is 0.487 e. The number of ether oxygens (including phenoxy) is 3. The molecule has 3 atom stereocenters. The first-order valence-corrected chi connectivity index (χ1v) is 14.9. The van der Waals surface area contributed by atoms with Gasteiger partial charge in [-0.15, -0.1) is 0 Å². The molecule has 3 aliphatic rings. The molecule has 2 fully saturated rings. The maximum Gasteiger partial charge on any atom is 0.409 e. The van der Waals surface area contributed by atoms with Gasteiger partial charge in [0.2, 0.25) is 0 Å². The number of nitrogens with zero attached hydrogens (tertiary/aromatic N) is 3. The molecule has 1 aliphatic carbocycles. The number of aliphatic hydroxyl groups is 1.